The zero-order valence-corrected chi connectivity index (χ0v) is 26.4. The topological polar surface area (TPSA) is 111 Å². The summed E-state index contributed by atoms with van der Waals surface area (Å²) < 4.78 is 1.47. The number of ketones is 2. The second kappa shape index (κ2) is 14.8. The lowest BCUT2D eigenvalue weighted by atomic mass is 9.78. The summed E-state index contributed by atoms with van der Waals surface area (Å²) >= 11 is 6.69. The van der Waals surface area contributed by atoms with Gasteiger partial charge in [0.25, 0.3) is 0 Å². The molecule has 0 spiro atoms. The van der Waals surface area contributed by atoms with Gasteiger partial charge >= 0.3 is 0 Å². The van der Waals surface area contributed by atoms with Gasteiger partial charge in [0.05, 0.1) is 22.8 Å². The molecule has 2 atom stereocenters. The average molecular weight is 692 g/mol. The van der Waals surface area contributed by atoms with Crippen LogP contribution >= 0.6 is 31.9 Å². The van der Waals surface area contributed by atoms with Gasteiger partial charge in [-0.3, -0.25) is 9.59 Å². The molecule has 1 saturated carbocycles. The van der Waals surface area contributed by atoms with E-state index in [9.17, 15) is 9.59 Å². The quantitative estimate of drug-likeness (QED) is 0.155. The molecule has 0 unspecified atom stereocenters. The first-order chi connectivity index (χ1) is 20.4. The summed E-state index contributed by atoms with van der Waals surface area (Å²) in [5.74, 6) is 0.914. The molecule has 0 radical (unpaired) electrons. The fourth-order valence-corrected chi connectivity index (χ4v) is 6.14. The van der Waals surface area contributed by atoms with Crippen LogP contribution in [0.15, 0.2) is 69.9 Å². The van der Waals surface area contributed by atoms with Gasteiger partial charge in [0.15, 0.2) is 0 Å². The molecule has 1 aliphatic rings. The molecule has 4 heterocycles. The molecule has 42 heavy (non-hydrogen) atoms. The molecule has 4 aromatic heterocycles. The van der Waals surface area contributed by atoms with E-state index in [1.54, 1.807) is 0 Å². The van der Waals surface area contributed by atoms with Crippen molar-refractivity contribution in [3.63, 3.8) is 0 Å². The van der Waals surface area contributed by atoms with Crippen LogP contribution < -0.4 is 0 Å². The van der Waals surface area contributed by atoms with Crippen LogP contribution in [0.1, 0.15) is 84.5 Å². The van der Waals surface area contributed by atoms with E-state index in [4.69, 9.17) is 0 Å². The van der Waals surface area contributed by atoms with Crippen molar-refractivity contribution in [3.05, 3.63) is 104 Å². The maximum atomic E-state index is 12.4. The zero-order chi connectivity index (χ0) is 29.3. The van der Waals surface area contributed by atoms with Crippen molar-refractivity contribution in [3.8, 4) is 0 Å². The highest BCUT2D eigenvalue weighted by Gasteiger charge is 2.27. The molecule has 1 fully saturated rings. The molecule has 0 amide bonds. The van der Waals surface area contributed by atoms with Gasteiger partial charge in [0.2, 0.25) is 0 Å². The number of hydrogen-bond donors (Lipinski definition) is 0. The Morgan fingerprint density at radius 3 is 1.50 bits per heavy atom. The monoisotopic (exact) mass is 690 g/mol. The van der Waals surface area contributed by atoms with Crippen LogP contribution in [0, 0.1) is 0 Å². The smallest absolute Gasteiger partial charge is 0.139 e. The molecular weight excluding hydrogens is 660 g/mol. The molecule has 0 aromatic carbocycles. The van der Waals surface area contributed by atoms with Crippen molar-refractivity contribution in [2.45, 2.75) is 76.0 Å². The van der Waals surface area contributed by atoms with E-state index < -0.39 is 0 Å². The summed E-state index contributed by atoms with van der Waals surface area (Å²) in [6.07, 6.45) is 6.81. The van der Waals surface area contributed by atoms with Gasteiger partial charge in [-0.15, -0.1) is 0 Å². The second-order valence-corrected chi connectivity index (χ2v) is 12.4. The molecule has 0 N–H and O–H groups in total. The van der Waals surface area contributed by atoms with Crippen LogP contribution in [0.2, 0.25) is 0 Å². The van der Waals surface area contributed by atoms with Gasteiger partial charge in [-0.1, -0.05) is 18.6 Å². The fraction of sp³-hybridized carbons (Fsp3) is 0.375. The third-order valence-electron chi connectivity index (χ3n) is 7.61. The fourth-order valence-electron chi connectivity index (χ4n) is 5.38. The number of aryl methyl sites for hydroxylation is 2. The summed E-state index contributed by atoms with van der Waals surface area (Å²) in [6.45, 7) is 0. The van der Waals surface area contributed by atoms with Crippen molar-refractivity contribution >= 4 is 43.4 Å². The van der Waals surface area contributed by atoms with E-state index in [2.05, 4.69) is 74.4 Å². The van der Waals surface area contributed by atoms with Gasteiger partial charge in [0.1, 0.15) is 20.8 Å². The summed E-state index contributed by atoms with van der Waals surface area (Å²) in [7, 11) is 0. The number of halogens is 2. The Kier molecular flexibility index (Phi) is 10.6. The third kappa shape index (κ3) is 8.88. The minimum Gasteiger partial charge on any atom is -0.299 e. The van der Waals surface area contributed by atoms with Gasteiger partial charge in [-0.2, -0.15) is 20.4 Å². The number of rotatable bonds is 12. The molecule has 10 heteroatoms. The van der Waals surface area contributed by atoms with E-state index >= 15 is 0 Å². The van der Waals surface area contributed by atoms with Gasteiger partial charge < -0.3 is 0 Å². The maximum absolute atomic E-state index is 12.4. The number of aromatic nitrogens is 6. The summed E-state index contributed by atoms with van der Waals surface area (Å²) in [6, 6.07) is 19.3. The molecule has 4 aromatic rings. The predicted molar refractivity (Wildman–Crippen MR) is 166 cm³/mol. The van der Waals surface area contributed by atoms with Crippen LogP contribution in [0.4, 0.5) is 0 Å². The van der Waals surface area contributed by atoms with Gasteiger partial charge in [-0.05, 0) is 112 Å². The van der Waals surface area contributed by atoms with Gasteiger partial charge in [-0.25, -0.2) is 9.97 Å². The summed E-state index contributed by atoms with van der Waals surface area (Å²) in [4.78, 5) is 33.5. The van der Waals surface area contributed by atoms with E-state index in [0.717, 1.165) is 69.1 Å². The third-order valence-corrected chi connectivity index (χ3v) is 8.50. The lowest BCUT2D eigenvalue weighted by molar-refractivity contribution is -0.119. The lowest BCUT2D eigenvalue weighted by Gasteiger charge is -2.28. The Hall–Kier alpha value is -3.24. The molecular formula is C32H32Br2N6O2. The number of pyridine rings is 2. The van der Waals surface area contributed by atoms with E-state index in [0.29, 0.717) is 50.4 Å². The van der Waals surface area contributed by atoms with E-state index in [1.807, 2.05) is 48.5 Å². The van der Waals surface area contributed by atoms with E-state index in [-0.39, 0.29) is 11.6 Å². The first kappa shape index (κ1) is 30.2. The minimum absolute atomic E-state index is 0.137. The molecule has 8 nitrogen and oxygen atoms in total. The van der Waals surface area contributed by atoms with Crippen LogP contribution in [-0.2, 0) is 35.3 Å². The minimum atomic E-state index is 0.137. The summed E-state index contributed by atoms with van der Waals surface area (Å²) in [5.41, 5.74) is 5.18. The second-order valence-electron chi connectivity index (χ2n) is 10.8. The van der Waals surface area contributed by atoms with Crippen molar-refractivity contribution in [1.82, 2.24) is 30.4 Å². The molecule has 1 aliphatic carbocycles. The van der Waals surface area contributed by atoms with Crippen molar-refractivity contribution in [1.29, 1.82) is 0 Å². The molecule has 5 rings (SSSR count). The lowest BCUT2D eigenvalue weighted by Crippen LogP contribution is -2.16. The molecule has 0 aliphatic heterocycles. The number of nitrogens with zero attached hydrogens (tertiary/aromatic N) is 6. The van der Waals surface area contributed by atoms with Crippen LogP contribution in [-0.4, -0.2) is 41.9 Å². The number of carbonyl (C=O) groups is 2. The molecule has 216 valence electrons. The highest BCUT2D eigenvalue weighted by molar-refractivity contribution is 9.10. The predicted octanol–water partition coefficient (Wildman–Crippen LogP) is 6.51. The number of hydrogen-bond acceptors (Lipinski definition) is 8. The zero-order valence-electron chi connectivity index (χ0n) is 23.3. The highest BCUT2D eigenvalue weighted by Crippen LogP contribution is 2.39. The van der Waals surface area contributed by atoms with E-state index in [1.165, 1.54) is 0 Å². The Balaban J connectivity index is 1.09. The maximum Gasteiger partial charge on any atom is 0.139 e. The van der Waals surface area contributed by atoms with Gasteiger partial charge in [0, 0.05) is 48.9 Å². The van der Waals surface area contributed by atoms with Crippen molar-refractivity contribution in [2.75, 3.05) is 0 Å². The van der Waals surface area contributed by atoms with Crippen LogP contribution in [0.25, 0.3) is 0 Å². The highest BCUT2D eigenvalue weighted by atomic mass is 79.9. The Bertz CT molecular complexity index is 1400. The summed E-state index contributed by atoms with van der Waals surface area (Å²) in [5, 5.41) is 17.9. The standard InChI is InChI=1S/C32H32Br2N6O2/c33-31-8-2-6-25(35-31)19-27(41)14-10-23-12-16-29(39-37-23)21-4-1-5-22(18-21)30-17-13-24(38-40-30)11-15-28(42)20-26-7-3-9-32(34)36-26/h2-3,6-9,12-13,16-17,21-22H,1,4-5,10-11,14-15,18-20H2/t21-,22-/m1/s1. The molecule has 0 saturated heterocycles. The first-order valence-electron chi connectivity index (χ1n) is 14.3. The van der Waals surface area contributed by atoms with Crippen LogP contribution in [0.5, 0.6) is 0 Å². The normalized spacial score (nSPS) is 16.7. The average Bonchev–Trinajstić information content (AvgIpc) is 3.00. The van der Waals surface area contributed by atoms with Crippen LogP contribution in [0.3, 0.4) is 0 Å². The Morgan fingerprint density at radius 2 is 1.10 bits per heavy atom. The Morgan fingerprint density at radius 1 is 0.619 bits per heavy atom. The first-order valence-corrected chi connectivity index (χ1v) is 15.9. The number of Topliss-reactive ketones (excluding diaryl/α,β-unsaturated/α-hetero) is 2. The largest absolute Gasteiger partial charge is 0.299 e. The number of carbonyl (C=O) groups excluding carboxylic acids is 2. The SMILES string of the molecule is O=C(CCc1ccc([C@@H]2CCC[C@@H](c3ccc(CCC(=O)Cc4cccc(Br)n4)nn3)C2)nn1)Cc1cccc(Br)n1. The van der Waals surface area contributed by atoms with Crippen molar-refractivity contribution < 1.29 is 9.59 Å². The molecule has 0 bridgehead atoms. The van der Waals surface area contributed by atoms with Crippen molar-refractivity contribution in [2.24, 2.45) is 0 Å². The Labute approximate surface area is 262 Å².